The van der Waals surface area contributed by atoms with Gasteiger partial charge in [0.05, 0.1) is 6.61 Å². The van der Waals surface area contributed by atoms with Crippen molar-refractivity contribution in [3.05, 3.63) is 0 Å². The summed E-state index contributed by atoms with van der Waals surface area (Å²) < 4.78 is 5.46. The Labute approximate surface area is 120 Å². The highest BCUT2D eigenvalue weighted by atomic mass is 16.5. The lowest BCUT2D eigenvalue weighted by Gasteiger charge is -2.22. The van der Waals surface area contributed by atoms with Gasteiger partial charge in [-0.3, -0.25) is 0 Å². The molecule has 2 N–H and O–H groups in total. The van der Waals surface area contributed by atoms with Gasteiger partial charge in [0, 0.05) is 20.2 Å². The Balaban J connectivity index is 2.24. The van der Waals surface area contributed by atoms with E-state index in [0.717, 1.165) is 6.61 Å². The number of ether oxygens (including phenoxy) is 1. The summed E-state index contributed by atoms with van der Waals surface area (Å²) >= 11 is 0. The van der Waals surface area contributed by atoms with Crippen LogP contribution in [0.1, 0.15) is 33.1 Å². The van der Waals surface area contributed by atoms with E-state index in [0.29, 0.717) is 25.5 Å². The number of amides is 2. The molecule has 0 aromatic rings. The van der Waals surface area contributed by atoms with E-state index in [1.54, 1.807) is 7.05 Å². The van der Waals surface area contributed by atoms with Gasteiger partial charge in [-0.15, -0.1) is 0 Å². The molecular formula is C14H26N2O4. The van der Waals surface area contributed by atoms with Crippen molar-refractivity contribution in [2.75, 3.05) is 26.8 Å². The average Bonchev–Trinajstić information content (AvgIpc) is 3.16. The molecule has 1 atom stereocenters. The standard InChI is InChI=1S/C14H26N2O4/c1-10(2)8-12(13(17)18)15-14(19)16(3)6-7-20-9-11-4-5-11/h10-12H,4-9H2,1-3H3,(H,15,19)(H,17,18)/t12-/m0/s1. The first-order valence-corrected chi connectivity index (χ1v) is 7.22. The van der Waals surface area contributed by atoms with E-state index in [-0.39, 0.29) is 11.9 Å². The molecule has 0 aromatic carbocycles. The lowest BCUT2D eigenvalue weighted by atomic mass is 10.0. The summed E-state index contributed by atoms with van der Waals surface area (Å²) in [6.45, 7) is 5.57. The molecule has 0 aliphatic heterocycles. The first-order valence-electron chi connectivity index (χ1n) is 7.22. The molecule has 20 heavy (non-hydrogen) atoms. The Hall–Kier alpha value is -1.30. The Morgan fingerprint density at radius 2 is 2.05 bits per heavy atom. The third kappa shape index (κ3) is 6.75. The number of carbonyl (C=O) groups excluding carboxylic acids is 1. The van der Waals surface area contributed by atoms with Crippen molar-refractivity contribution >= 4 is 12.0 Å². The van der Waals surface area contributed by atoms with Gasteiger partial charge in [-0.05, 0) is 31.1 Å². The number of rotatable bonds is 9. The zero-order chi connectivity index (χ0) is 15.1. The second kappa shape index (κ2) is 8.09. The normalized spacial score (nSPS) is 16.0. The van der Waals surface area contributed by atoms with Crippen LogP contribution < -0.4 is 5.32 Å². The predicted octanol–water partition coefficient (Wildman–Crippen LogP) is 1.55. The number of aliphatic carboxylic acids is 1. The number of hydrogen-bond donors (Lipinski definition) is 2. The molecule has 0 radical (unpaired) electrons. The lowest BCUT2D eigenvalue weighted by Crippen LogP contribution is -2.47. The minimum atomic E-state index is -0.995. The minimum absolute atomic E-state index is 0.212. The summed E-state index contributed by atoms with van der Waals surface area (Å²) in [7, 11) is 1.64. The van der Waals surface area contributed by atoms with Gasteiger partial charge in [0.1, 0.15) is 6.04 Å². The fourth-order valence-electron chi connectivity index (χ4n) is 1.79. The van der Waals surface area contributed by atoms with Gasteiger partial charge in [0.2, 0.25) is 0 Å². The van der Waals surface area contributed by atoms with Gasteiger partial charge >= 0.3 is 12.0 Å². The highest BCUT2D eigenvalue weighted by molar-refractivity contribution is 5.82. The molecule has 6 nitrogen and oxygen atoms in total. The molecule has 0 bridgehead atoms. The zero-order valence-corrected chi connectivity index (χ0v) is 12.6. The lowest BCUT2D eigenvalue weighted by molar-refractivity contribution is -0.139. The summed E-state index contributed by atoms with van der Waals surface area (Å²) in [6.07, 6.45) is 2.91. The molecule has 0 aromatic heterocycles. The number of carboxylic acid groups (broad SMARTS) is 1. The maximum Gasteiger partial charge on any atom is 0.326 e. The highest BCUT2D eigenvalue weighted by Gasteiger charge is 2.23. The van der Waals surface area contributed by atoms with E-state index in [4.69, 9.17) is 9.84 Å². The Morgan fingerprint density at radius 1 is 1.40 bits per heavy atom. The molecule has 1 rings (SSSR count). The monoisotopic (exact) mass is 286 g/mol. The van der Waals surface area contributed by atoms with Crippen LogP contribution >= 0.6 is 0 Å². The maximum atomic E-state index is 11.9. The van der Waals surface area contributed by atoms with Gasteiger partial charge in [0.15, 0.2) is 0 Å². The minimum Gasteiger partial charge on any atom is -0.480 e. The smallest absolute Gasteiger partial charge is 0.326 e. The molecule has 0 unspecified atom stereocenters. The molecule has 1 aliphatic rings. The third-order valence-electron chi connectivity index (χ3n) is 3.27. The van der Waals surface area contributed by atoms with Crippen molar-refractivity contribution in [2.45, 2.75) is 39.2 Å². The van der Waals surface area contributed by atoms with Crippen molar-refractivity contribution in [3.8, 4) is 0 Å². The molecule has 0 heterocycles. The molecule has 116 valence electrons. The van der Waals surface area contributed by atoms with Crippen LogP contribution in [-0.2, 0) is 9.53 Å². The van der Waals surface area contributed by atoms with Crippen LogP contribution in [0.2, 0.25) is 0 Å². The Bertz CT molecular complexity index is 329. The van der Waals surface area contributed by atoms with E-state index in [1.165, 1.54) is 17.7 Å². The molecule has 0 spiro atoms. The van der Waals surface area contributed by atoms with Crippen molar-refractivity contribution in [1.29, 1.82) is 0 Å². The molecule has 0 saturated heterocycles. The average molecular weight is 286 g/mol. The summed E-state index contributed by atoms with van der Waals surface area (Å²) in [5.74, 6) is -0.0782. The second-order valence-corrected chi connectivity index (χ2v) is 5.91. The van der Waals surface area contributed by atoms with Crippen molar-refractivity contribution < 1.29 is 19.4 Å². The molecule has 6 heteroatoms. The topological polar surface area (TPSA) is 78.9 Å². The summed E-state index contributed by atoms with van der Waals surface area (Å²) in [4.78, 5) is 24.4. The van der Waals surface area contributed by atoms with Crippen LogP contribution in [0, 0.1) is 11.8 Å². The van der Waals surface area contributed by atoms with Crippen LogP contribution in [0.5, 0.6) is 0 Å². The van der Waals surface area contributed by atoms with E-state index < -0.39 is 12.0 Å². The Morgan fingerprint density at radius 3 is 2.55 bits per heavy atom. The van der Waals surface area contributed by atoms with Crippen LogP contribution in [-0.4, -0.2) is 54.9 Å². The van der Waals surface area contributed by atoms with Crippen LogP contribution in [0.15, 0.2) is 0 Å². The SMILES string of the molecule is CC(C)C[C@H](NC(=O)N(C)CCOCC1CC1)C(=O)O. The van der Waals surface area contributed by atoms with Crippen molar-refractivity contribution in [1.82, 2.24) is 10.2 Å². The highest BCUT2D eigenvalue weighted by Crippen LogP contribution is 2.28. The first-order chi connectivity index (χ1) is 9.40. The van der Waals surface area contributed by atoms with Gasteiger partial charge in [0.25, 0.3) is 0 Å². The number of nitrogens with zero attached hydrogens (tertiary/aromatic N) is 1. The maximum absolute atomic E-state index is 11.9. The van der Waals surface area contributed by atoms with E-state index in [2.05, 4.69) is 5.32 Å². The fraction of sp³-hybridized carbons (Fsp3) is 0.857. The van der Waals surface area contributed by atoms with Gasteiger partial charge in [-0.2, -0.15) is 0 Å². The predicted molar refractivity (Wildman–Crippen MR) is 75.6 cm³/mol. The third-order valence-corrected chi connectivity index (χ3v) is 3.27. The molecule has 1 aliphatic carbocycles. The Kier molecular flexibility index (Phi) is 6.78. The number of nitrogens with one attached hydrogen (secondary N) is 1. The number of likely N-dealkylation sites (N-methyl/N-ethyl adjacent to an activating group) is 1. The molecule has 1 saturated carbocycles. The summed E-state index contributed by atoms with van der Waals surface area (Å²) in [5, 5.41) is 11.6. The van der Waals surface area contributed by atoms with Gasteiger partial charge in [-0.25, -0.2) is 9.59 Å². The van der Waals surface area contributed by atoms with Crippen molar-refractivity contribution in [2.24, 2.45) is 11.8 Å². The molecule has 2 amide bonds. The molecular weight excluding hydrogens is 260 g/mol. The number of hydrogen-bond acceptors (Lipinski definition) is 3. The van der Waals surface area contributed by atoms with Gasteiger partial charge in [-0.1, -0.05) is 13.8 Å². The van der Waals surface area contributed by atoms with Crippen LogP contribution in [0.4, 0.5) is 4.79 Å². The number of urea groups is 1. The summed E-state index contributed by atoms with van der Waals surface area (Å²) in [6, 6.07) is -1.20. The zero-order valence-electron chi connectivity index (χ0n) is 12.6. The van der Waals surface area contributed by atoms with E-state index in [9.17, 15) is 9.59 Å². The van der Waals surface area contributed by atoms with Crippen molar-refractivity contribution in [3.63, 3.8) is 0 Å². The van der Waals surface area contributed by atoms with E-state index >= 15 is 0 Å². The molecule has 1 fully saturated rings. The second-order valence-electron chi connectivity index (χ2n) is 5.91. The number of carbonyl (C=O) groups is 2. The fourth-order valence-corrected chi connectivity index (χ4v) is 1.79. The quantitative estimate of drug-likeness (QED) is 0.630. The van der Waals surface area contributed by atoms with Gasteiger partial charge < -0.3 is 20.1 Å². The van der Waals surface area contributed by atoms with Crippen LogP contribution in [0.3, 0.4) is 0 Å². The first kappa shape index (κ1) is 16.8. The van der Waals surface area contributed by atoms with E-state index in [1.807, 2.05) is 13.8 Å². The largest absolute Gasteiger partial charge is 0.480 e. The summed E-state index contributed by atoms with van der Waals surface area (Å²) in [5.41, 5.74) is 0. The van der Waals surface area contributed by atoms with Crippen LogP contribution in [0.25, 0.3) is 0 Å². The number of carboxylic acids is 1.